The highest BCUT2D eigenvalue weighted by Crippen LogP contribution is 2.34. The quantitative estimate of drug-likeness (QED) is 0.482. The maximum absolute atomic E-state index is 5.77. The Morgan fingerprint density at radius 2 is 2.35 bits per heavy atom. The molecule has 0 bridgehead atoms. The lowest BCUT2D eigenvalue weighted by atomic mass is 10.2. The normalized spacial score (nSPS) is 21.6. The van der Waals surface area contributed by atoms with E-state index in [0.29, 0.717) is 11.2 Å². The number of aromatic nitrogens is 1. The summed E-state index contributed by atoms with van der Waals surface area (Å²) in [5.74, 6) is 1.73. The Labute approximate surface area is 126 Å². The lowest BCUT2D eigenvalue weighted by Crippen LogP contribution is -2.40. The molecule has 2 atom stereocenters. The molecule has 4 nitrogen and oxygen atoms in total. The molecule has 110 valence electrons. The average molecular weight is 295 g/mol. The van der Waals surface area contributed by atoms with Gasteiger partial charge in [0.05, 0.1) is 0 Å². The van der Waals surface area contributed by atoms with Crippen LogP contribution in [-0.2, 0) is 6.42 Å². The summed E-state index contributed by atoms with van der Waals surface area (Å²) in [5, 5.41) is 7.35. The summed E-state index contributed by atoms with van der Waals surface area (Å²) in [6.07, 6.45) is 6.57. The summed E-state index contributed by atoms with van der Waals surface area (Å²) in [6, 6.07) is 4.44. The van der Waals surface area contributed by atoms with Crippen LogP contribution in [0.2, 0.25) is 5.15 Å². The molecule has 1 aliphatic rings. The molecule has 1 aromatic heterocycles. The second-order valence-electron chi connectivity index (χ2n) is 5.27. The molecule has 0 saturated heterocycles. The molecule has 0 aliphatic heterocycles. The van der Waals surface area contributed by atoms with Gasteiger partial charge in [-0.05, 0) is 36.8 Å². The van der Waals surface area contributed by atoms with Crippen LogP contribution in [-0.4, -0.2) is 30.6 Å². The SMILES string of the molecule is CCCC1CC1NC(=NC)NCCc1ccc(Cl)nc1. The van der Waals surface area contributed by atoms with Gasteiger partial charge >= 0.3 is 0 Å². The third-order valence-corrected chi connectivity index (χ3v) is 3.85. The Hall–Kier alpha value is -1.29. The highest BCUT2D eigenvalue weighted by molar-refractivity contribution is 6.29. The van der Waals surface area contributed by atoms with Crippen molar-refractivity contribution in [2.24, 2.45) is 10.9 Å². The first kappa shape index (κ1) is 15.1. The molecular formula is C15H23ClN4. The zero-order valence-electron chi connectivity index (χ0n) is 12.2. The Bertz CT molecular complexity index is 444. The molecular weight excluding hydrogens is 272 g/mol. The summed E-state index contributed by atoms with van der Waals surface area (Å²) in [7, 11) is 1.82. The number of pyridine rings is 1. The molecule has 2 N–H and O–H groups in total. The predicted octanol–water partition coefficient (Wildman–Crippen LogP) is 2.63. The van der Waals surface area contributed by atoms with Crippen molar-refractivity contribution in [2.75, 3.05) is 13.6 Å². The molecule has 2 unspecified atom stereocenters. The first-order valence-corrected chi connectivity index (χ1v) is 7.68. The number of hydrogen-bond acceptors (Lipinski definition) is 2. The minimum Gasteiger partial charge on any atom is -0.356 e. The van der Waals surface area contributed by atoms with Gasteiger partial charge in [0.2, 0.25) is 0 Å². The molecule has 0 aromatic carbocycles. The molecule has 1 heterocycles. The van der Waals surface area contributed by atoms with Gasteiger partial charge < -0.3 is 10.6 Å². The fraction of sp³-hybridized carbons (Fsp3) is 0.600. The maximum Gasteiger partial charge on any atom is 0.191 e. The second kappa shape index (κ2) is 7.48. The van der Waals surface area contributed by atoms with Gasteiger partial charge in [0.1, 0.15) is 5.15 Å². The van der Waals surface area contributed by atoms with Crippen molar-refractivity contribution in [3.63, 3.8) is 0 Å². The third kappa shape index (κ3) is 4.67. The Morgan fingerprint density at radius 3 is 3.00 bits per heavy atom. The van der Waals surface area contributed by atoms with Crippen molar-refractivity contribution in [2.45, 2.75) is 38.6 Å². The number of hydrogen-bond donors (Lipinski definition) is 2. The number of nitrogens with one attached hydrogen (secondary N) is 2. The van der Waals surface area contributed by atoms with Crippen LogP contribution in [0.25, 0.3) is 0 Å². The summed E-state index contributed by atoms with van der Waals surface area (Å²) in [5.41, 5.74) is 1.17. The van der Waals surface area contributed by atoms with Gasteiger partial charge in [0, 0.05) is 25.8 Å². The van der Waals surface area contributed by atoms with Crippen LogP contribution in [0.15, 0.2) is 23.3 Å². The number of aliphatic imine (C=N–C) groups is 1. The van der Waals surface area contributed by atoms with E-state index >= 15 is 0 Å². The minimum absolute atomic E-state index is 0.537. The Balaban J connectivity index is 1.68. The summed E-state index contributed by atoms with van der Waals surface area (Å²) in [6.45, 7) is 3.08. The van der Waals surface area contributed by atoms with E-state index in [1.165, 1.54) is 24.8 Å². The van der Waals surface area contributed by atoms with Gasteiger partial charge in [0.15, 0.2) is 5.96 Å². The van der Waals surface area contributed by atoms with Crippen molar-refractivity contribution >= 4 is 17.6 Å². The molecule has 1 fully saturated rings. The van der Waals surface area contributed by atoms with E-state index in [9.17, 15) is 0 Å². The van der Waals surface area contributed by atoms with Crippen LogP contribution in [0.4, 0.5) is 0 Å². The van der Waals surface area contributed by atoms with E-state index in [-0.39, 0.29) is 0 Å². The van der Waals surface area contributed by atoms with Gasteiger partial charge in [0.25, 0.3) is 0 Å². The molecule has 1 aliphatic carbocycles. The Kier molecular flexibility index (Phi) is 5.65. The molecule has 5 heteroatoms. The highest BCUT2D eigenvalue weighted by Gasteiger charge is 2.36. The van der Waals surface area contributed by atoms with Crippen molar-refractivity contribution in [1.29, 1.82) is 0 Å². The van der Waals surface area contributed by atoms with E-state index in [1.807, 2.05) is 25.4 Å². The van der Waals surface area contributed by atoms with Gasteiger partial charge in [-0.15, -0.1) is 0 Å². The fourth-order valence-electron chi connectivity index (χ4n) is 2.36. The van der Waals surface area contributed by atoms with Gasteiger partial charge in [-0.2, -0.15) is 0 Å². The van der Waals surface area contributed by atoms with Crippen LogP contribution in [0.3, 0.4) is 0 Å². The van der Waals surface area contributed by atoms with Crippen molar-refractivity contribution in [1.82, 2.24) is 15.6 Å². The summed E-state index contributed by atoms with van der Waals surface area (Å²) < 4.78 is 0. The number of halogens is 1. The van der Waals surface area contributed by atoms with Crippen molar-refractivity contribution in [3.8, 4) is 0 Å². The maximum atomic E-state index is 5.77. The monoisotopic (exact) mass is 294 g/mol. The zero-order chi connectivity index (χ0) is 14.4. The van der Waals surface area contributed by atoms with Gasteiger partial charge in [-0.1, -0.05) is 31.0 Å². The molecule has 20 heavy (non-hydrogen) atoms. The third-order valence-electron chi connectivity index (χ3n) is 3.62. The lowest BCUT2D eigenvalue weighted by Gasteiger charge is -2.11. The van der Waals surface area contributed by atoms with Crippen molar-refractivity contribution < 1.29 is 0 Å². The van der Waals surface area contributed by atoms with Crippen LogP contribution >= 0.6 is 11.6 Å². The topological polar surface area (TPSA) is 49.3 Å². The van der Waals surface area contributed by atoms with Crippen LogP contribution in [0.5, 0.6) is 0 Å². The largest absolute Gasteiger partial charge is 0.356 e. The summed E-state index contributed by atoms with van der Waals surface area (Å²) in [4.78, 5) is 8.34. The molecule has 0 amide bonds. The Morgan fingerprint density at radius 1 is 1.50 bits per heavy atom. The lowest BCUT2D eigenvalue weighted by molar-refractivity contribution is 0.655. The number of nitrogens with zero attached hydrogens (tertiary/aromatic N) is 2. The number of guanidine groups is 1. The molecule has 0 radical (unpaired) electrons. The smallest absolute Gasteiger partial charge is 0.191 e. The first-order valence-electron chi connectivity index (χ1n) is 7.30. The van der Waals surface area contributed by atoms with E-state index in [4.69, 9.17) is 11.6 Å². The standard InChI is InChI=1S/C15H23ClN4/c1-3-4-12-9-13(12)20-15(17-2)18-8-7-11-5-6-14(16)19-10-11/h5-6,10,12-13H,3-4,7-9H2,1-2H3,(H2,17,18,20). The second-order valence-corrected chi connectivity index (χ2v) is 5.66. The molecule has 1 saturated carbocycles. The average Bonchev–Trinajstić information content (AvgIpc) is 3.18. The van der Waals surface area contributed by atoms with E-state index in [2.05, 4.69) is 27.5 Å². The van der Waals surface area contributed by atoms with E-state index < -0.39 is 0 Å². The minimum atomic E-state index is 0.537. The van der Waals surface area contributed by atoms with Crippen LogP contribution in [0.1, 0.15) is 31.7 Å². The van der Waals surface area contributed by atoms with Gasteiger partial charge in [-0.25, -0.2) is 4.98 Å². The first-order chi connectivity index (χ1) is 9.72. The highest BCUT2D eigenvalue weighted by atomic mass is 35.5. The predicted molar refractivity (Wildman–Crippen MR) is 84.3 cm³/mol. The van der Waals surface area contributed by atoms with Gasteiger partial charge in [-0.3, -0.25) is 4.99 Å². The molecule has 0 spiro atoms. The van der Waals surface area contributed by atoms with E-state index in [0.717, 1.165) is 24.8 Å². The molecule has 2 rings (SSSR count). The molecule has 1 aromatic rings. The fourth-order valence-corrected chi connectivity index (χ4v) is 2.48. The number of rotatable bonds is 6. The van der Waals surface area contributed by atoms with Crippen LogP contribution in [0, 0.1) is 5.92 Å². The summed E-state index contributed by atoms with van der Waals surface area (Å²) >= 11 is 5.77. The van der Waals surface area contributed by atoms with Crippen molar-refractivity contribution in [3.05, 3.63) is 29.0 Å². The zero-order valence-corrected chi connectivity index (χ0v) is 13.0. The van der Waals surface area contributed by atoms with E-state index in [1.54, 1.807) is 0 Å². The van der Waals surface area contributed by atoms with Crippen LogP contribution < -0.4 is 10.6 Å².